The van der Waals surface area contributed by atoms with Crippen LogP contribution >= 0.6 is 0 Å². The van der Waals surface area contributed by atoms with E-state index in [9.17, 15) is 0 Å². The van der Waals surface area contributed by atoms with Crippen LogP contribution in [0.2, 0.25) is 0 Å². The Bertz CT molecular complexity index is 335. The molecule has 0 amide bonds. The quantitative estimate of drug-likeness (QED) is 0.767. The van der Waals surface area contributed by atoms with E-state index in [0.717, 1.165) is 5.92 Å². The second kappa shape index (κ2) is 5.57. The van der Waals surface area contributed by atoms with Crippen LogP contribution in [0.15, 0.2) is 24.3 Å². The van der Waals surface area contributed by atoms with Crippen molar-refractivity contribution in [3.05, 3.63) is 29.8 Å². The summed E-state index contributed by atoms with van der Waals surface area (Å²) in [6.45, 7) is 6.78. The molecule has 0 aliphatic heterocycles. The van der Waals surface area contributed by atoms with Crippen molar-refractivity contribution in [1.29, 1.82) is 0 Å². The molecule has 1 nitrogen and oxygen atoms in total. The molecule has 1 aromatic rings. The van der Waals surface area contributed by atoms with Gasteiger partial charge in [0, 0.05) is 11.7 Å². The summed E-state index contributed by atoms with van der Waals surface area (Å²) in [5, 5.41) is 3.61. The molecule has 1 unspecified atom stereocenters. The highest BCUT2D eigenvalue weighted by molar-refractivity contribution is 5.45. The average molecular weight is 231 g/mol. The lowest BCUT2D eigenvalue weighted by atomic mass is 9.81. The van der Waals surface area contributed by atoms with E-state index >= 15 is 0 Å². The van der Waals surface area contributed by atoms with Crippen LogP contribution in [0.25, 0.3) is 0 Å². The monoisotopic (exact) mass is 231 g/mol. The van der Waals surface area contributed by atoms with Gasteiger partial charge in [0.2, 0.25) is 0 Å². The number of hydrogen-bond donors (Lipinski definition) is 1. The first-order valence-corrected chi connectivity index (χ1v) is 7.01. The van der Waals surface area contributed by atoms with Crippen LogP contribution in [-0.4, -0.2) is 6.04 Å². The van der Waals surface area contributed by atoms with Crippen LogP contribution in [0.1, 0.15) is 57.9 Å². The fraction of sp³-hybridized carbons (Fsp3) is 0.625. The van der Waals surface area contributed by atoms with Gasteiger partial charge in [-0.3, -0.25) is 0 Å². The van der Waals surface area contributed by atoms with Gasteiger partial charge in [0.1, 0.15) is 0 Å². The van der Waals surface area contributed by atoms with Crippen LogP contribution in [0.5, 0.6) is 0 Å². The van der Waals surface area contributed by atoms with E-state index < -0.39 is 0 Å². The molecule has 0 radical (unpaired) electrons. The number of anilines is 1. The molecule has 94 valence electrons. The van der Waals surface area contributed by atoms with E-state index in [4.69, 9.17) is 0 Å². The van der Waals surface area contributed by atoms with Crippen molar-refractivity contribution in [3.8, 4) is 0 Å². The van der Waals surface area contributed by atoms with Crippen molar-refractivity contribution in [2.75, 3.05) is 5.32 Å². The molecule has 0 spiro atoms. The Morgan fingerprint density at radius 2 is 1.76 bits per heavy atom. The number of hydrogen-bond acceptors (Lipinski definition) is 1. The van der Waals surface area contributed by atoms with Gasteiger partial charge in [-0.1, -0.05) is 45.2 Å². The summed E-state index contributed by atoms with van der Waals surface area (Å²) in [6.07, 6.45) is 5.66. The van der Waals surface area contributed by atoms with Crippen molar-refractivity contribution in [1.82, 2.24) is 0 Å². The lowest BCUT2D eigenvalue weighted by Gasteiger charge is -2.29. The van der Waals surface area contributed by atoms with E-state index in [-0.39, 0.29) is 0 Å². The number of nitrogens with one attached hydrogen (secondary N) is 1. The SMILES string of the molecule is CC(CC1CCC1)Nc1ccc(C(C)C)cc1. The lowest BCUT2D eigenvalue weighted by molar-refractivity contribution is 0.286. The summed E-state index contributed by atoms with van der Waals surface area (Å²) in [5.41, 5.74) is 2.68. The predicted octanol–water partition coefficient (Wildman–Crippen LogP) is 4.80. The highest BCUT2D eigenvalue weighted by Crippen LogP contribution is 2.31. The van der Waals surface area contributed by atoms with Crippen molar-refractivity contribution in [3.63, 3.8) is 0 Å². The zero-order chi connectivity index (χ0) is 12.3. The Morgan fingerprint density at radius 3 is 2.24 bits per heavy atom. The zero-order valence-electron chi connectivity index (χ0n) is 11.4. The molecule has 0 heterocycles. The Labute approximate surface area is 106 Å². The summed E-state index contributed by atoms with van der Waals surface area (Å²) in [4.78, 5) is 0. The summed E-state index contributed by atoms with van der Waals surface area (Å²) >= 11 is 0. The highest BCUT2D eigenvalue weighted by Gasteiger charge is 2.19. The Hall–Kier alpha value is -0.980. The highest BCUT2D eigenvalue weighted by atomic mass is 14.9. The first kappa shape index (κ1) is 12.5. The fourth-order valence-corrected chi connectivity index (χ4v) is 2.54. The van der Waals surface area contributed by atoms with Gasteiger partial charge in [-0.15, -0.1) is 0 Å². The largest absolute Gasteiger partial charge is 0.383 e. The summed E-state index contributed by atoms with van der Waals surface area (Å²) in [7, 11) is 0. The van der Waals surface area contributed by atoms with Gasteiger partial charge < -0.3 is 5.32 Å². The third-order valence-corrected chi connectivity index (χ3v) is 3.90. The topological polar surface area (TPSA) is 12.0 Å². The Morgan fingerprint density at radius 1 is 1.12 bits per heavy atom. The smallest absolute Gasteiger partial charge is 0.0342 e. The van der Waals surface area contributed by atoms with Crippen LogP contribution in [-0.2, 0) is 0 Å². The van der Waals surface area contributed by atoms with Gasteiger partial charge in [0.15, 0.2) is 0 Å². The molecule has 1 saturated carbocycles. The van der Waals surface area contributed by atoms with Gasteiger partial charge in [0.05, 0.1) is 0 Å². The van der Waals surface area contributed by atoms with E-state index in [2.05, 4.69) is 50.4 Å². The van der Waals surface area contributed by atoms with Crippen LogP contribution in [0, 0.1) is 5.92 Å². The van der Waals surface area contributed by atoms with Crippen molar-refractivity contribution in [2.24, 2.45) is 5.92 Å². The van der Waals surface area contributed by atoms with Crippen molar-refractivity contribution >= 4 is 5.69 Å². The Balaban J connectivity index is 1.84. The second-order valence-corrected chi connectivity index (χ2v) is 5.85. The minimum Gasteiger partial charge on any atom is -0.383 e. The second-order valence-electron chi connectivity index (χ2n) is 5.85. The zero-order valence-corrected chi connectivity index (χ0v) is 11.4. The molecular weight excluding hydrogens is 206 g/mol. The van der Waals surface area contributed by atoms with Gasteiger partial charge in [0.25, 0.3) is 0 Å². The normalized spacial score (nSPS) is 17.9. The molecule has 0 bridgehead atoms. The minimum absolute atomic E-state index is 0.602. The standard InChI is InChI=1S/C16H25N/c1-12(2)15-7-9-16(10-8-15)17-13(3)11-14-5-4-6-14/h7-10,12-14,17H,4-6,11H2,1-3H3. The van der Waals surface area contributed by atoms with E-state index in [1.54, 1.807) is 0 Å². The van der Waals surface area contributed by atoms with Crippen LogP contribution in [0.4, 0.5) is 5.69 Å². The minimum atomic E-state index is 0.602. The molecule has 0 saturated heterocycles. The van der Waals surface area contributed by atoms with E-state index in [1.807, 2.05) is 0 Å². The third-order valence-electron chi connectivity index (χ3n) is 3.90. The molecule has 1 atom stereocenters. The summed E-state index contributed by atoms with van der Waals surface area (Å²) in [5.74, 6) is 1.60. The van der Waals surface area contributed by atoms with Crippen molar-refractivity contribution < 1.29 is 0 Å². The molecule has 1 aliphatic rings. The van der Waals surface area contributed by atoms with Crippen molar-refractivity contribution in [2.45, 2.75) is 58.4 Å². The van der Waals surface area contributed by atoms with Gasteiger partial charge in [-0.05, 0) is 42.9 Å². The Kier molecular flexibility index (Phi) is 4.09. The first-order valence-electron chi connectivity index (χ1n) is 7.01. The summed E-state index contributed by atoms with van der Waals surface area (Å²) < 4.78 is 0. The number of rotatable bonds is 5. The van der Waals surface area contributed by atoms with Gasteiger partial charge in [-0.25, -0.2) is 0 Å². The molecule has 1 fully saturated rings. The maximum atomic E-state index is 3.61. The maximum Gasteiger partial charge on any atom is 0.0342 e. The predicted molar refractivity (Wildman–Crippen MR) is 75.6 cm³/mol. The molecule has 1 N–H and O–H groups in total. The molecule has 1 heteroatoms. The summed E-state index contributed by atoms with van der Waals surface area (Å²) in [6, 6.07) is 9.51. The maximum absolute atomic E-state index is 3.61. The van der Waals surface area contributed by atoms with E-state index in [0.29, 0.717) is 12.0 Å². The molecule has 17 heavy (non-hydrogen) atoms. The molecule has 0 aromatic heterocycles. The van der Waals surface area contributed by atoms with Crippen LogP contribution in [0.3, 0.4) is 0 Å². The molecule has 2 rings (SSSR count). The van der Waals surface area contributed by atoms with E-state index in [1.165, 1.54) is 36.9 Å². The number of benzene rings is 1. The lowest BCUT2D eigenvalue weighted by Crippen LogP contribution is -2.23. The molecule has 1 aromatic carbocycles. The molecule has 1 aliphatic carbocycles. The molecular formula is C16H25N. The van der Waals surface area contributed by atoms with Gasteiger partial charge in [-0.2, -0.15) is 0 Å². The average Bonchev–Trinajstić information content (AvgIpc) is 2.24. The fourth-order valence-electron chi connectivity index (χ4n) is 2.54. The van der Waals surface area contributed by atoms with Crippen LogP contribution < -0.4 is 5.32 Å². The third kappa shape index (κ3) is 3.49. The van der Waals surface area contributed by atoms with Gasteiger partial charge >= 0.3 is 0 Å². The first-order chi connectivity index (χ1) is 8.15.